The van der Waals surface area contributed by atoms with Crippen molar-refractivity contribution in [2.24, 2.45) is 0 Å². The lowest BCUT2D eigenvalue weighted by Crippen LogP contribution is -2.38. The van der Waals surface area contributed by atoms with E-state index in [-0.39, 0.29) is 17.6 Å². The fourth-order valence-electron chi connectivity index (χ4n) is 3.08. The molecule has 3 heteroatoms. The predicted molar refractivity (Wildman–Crippen MR) is 66.8 cm³/mol. The monoisotopic (exact) mass is 230 g/mol. The first-order valence-electron chi connectivity index (χ1n) is 6.29. The van der Waals surface area contributed by atoms with E-state index in [1.54, 1.807) is 0 Å². The highest BCUT2D eigenvalue weighted by Gasteiger charge is 2.47. The standard InChI is InChI=1S/C14H18N2O/c1-10(2)16-9-14(15-13(16)17)8-7-11-5-3-4-6-12(11)14/h3-6,10H,7-9H2,1-2H3,(H,15,17). The van der Waals surface area contributed by atoms with Crippen LogP contribution >= 0.6 is 0 Å². The molecule has 3 rings (SSSR count). The molecule has 1 aliphatic heterocycles. The van der Waals surface area contributed by atoms with Gasteiger partial charge in [0, 0.05) is 6.04 Å². The molecule has 1 aromatic rings. The van der Waals surface area contributed by atoms with Gasteiger partial charge in [0.1, 0.15) is 0 Å². The van der Waals surface area contributed by atoms with Gasteiger partial charge in [-0.05, 0) is 37.8 Å². The number of nitrogens with zero attached hydrogens (tertiary/aromatic N) is 1. The number of urea groups is 1. The van der Waals surface area contributed by atoms with Crippen molar-refractivity contribution in [1.82, 2.24) is 10.2 Å². The summed E-state index contributed by atoms with van der Waals surface area (Å²) in [6.07, 6.45) is 2.10. The topological polar surface area (TPSA) is 32.3 Å². The molecular formula is C14H18N2O. The Hall–Kier alpha value is -1.51. The van der Waals surface area contributed by atoms with Crippen LogP contribution in [-0.4, -0.2) is 23.5 Å². The molecule has 0 bridgehead atoms. The van der Waals surface area contributed by atoms with Gasteiger partial charge in [0.25, 0.3) is 0 Å². The predicted octanol–water partition coefficient (Wildman–Crippen LogP) is 2.26. The molecule has 1 aliphatic carbocycles. The van der Waals surface area contributed by atoms with E-state index in [1.165, 1.54) is 11.1 Å². The summed E-state index contributed by atoms with van der Waals surface area (Å²) in [4.78, 5) is 13.9. The summed E-state index contributed by atoms with van der Waals surface area (Å²) in [6.45, 7) is 4.94. The van der Waals surface area contributed by atoms with E-state index in [0.29, 0.717) is 0 Å². The van der Waals surface area contributed by atoms with E-state index < -0.39 is 0 Å². The number of carbonyl (C=O) groups excluding carboxylic acids is 1. The van der Waals surface area contributed by atoms with Crippen LogP contribution in [0.4, 0.5) is 4.79 Å². The summed E-state index contributed by atoms with van der Waals surface area (Å²) < 4.78 is 0. The molecule has 0 radical (unpaired) electrons. The number of amides is 2. The van der Waals surface area contributed by atoms with Gasteiger partial charge in [0.2, 0.25) is 0 Å². The fourth-order valence-corrected chi connectivity index (χ4v) is 3.08. The summed E-state index contributed by atoms with van der Waals surface area (Å²) >= 11 is 0. The number of nitrogens with one attached hydrogen (secondary N) is 1. The number of carbonyl (C=O) groups is 1. The summed E-state index contributed by atoms with van der Waals surface area (Å²) in [5, 5.41) is 3.20. The maximum Gasteiger partial charge on any atom is 0.318 e. The number of benzene rings is 1. The van der Waals surface area contributed by atoms with Crippen LogP contribution in [-0.2, 0) is 12.0 Å². The van der Waals surface area contributed by atoms with Crippen LogP contribution in [0.25, 0.3) is 0 Å². The molecular weight excluding hydrogens is 212 g/mol. The third-order valence-electron chi connectivity index (χ3n) is 4.02. The largest absolute Gasteiger partial charge is 0.327 e. The molecule has 1 fully saturated rings. The van der Waals surface area contributed by atoms with Gasteiger partial charge >= 0.3 is 6.03 Å². The smallest absolute Gasteiger partial charge is 0.318 e. The summed E-state index contributed by atoms with van der Waals surface area (Å²) in [7, 11) is 0. The lowest BCUT2D eigenvalue weighted by Gasteiger charge is -2.25. The minimum Gasteiger partial charge on any atom is -0.327 e. The van der Waals surface area contributed by atoms with Crippen LogP contribution in [0, 0.1) is 0 Å². The molecule has 0 saturated carbocycles. The first kappa shape index (κ1) is 10.6. The summed E-state index contributed by atoms with van der Waals surface area (Å²) in [5.74, 6) is 0. The molecule has 1 saturated heterocycles. The highest BCUT2D eigenvalue weighted by atomic mass is 16.2. The third-order valence-corrected chi connectivity index (χ3v) is 4.02. The zero-order valence-electron chi connectivity index (χ0n) is 10.4. The van der Waals surface area contributed by atoms with Gasteiger partial charge in [0.05, 0.1) is 12.1 Å². The molecule has 1 heterocycles. The second-order valence-electron chi connectivity index (χ2n) is 5.39. The van der Waals surface area contributed by atoms with Crippen molar-refractivity contribution in [1.29, 1.82) is 0 Å². The maximum atomic E-state index is 12.0. The van der Waals surface area contributed by atoms with Crippen molar-refractivity contribution in [3.63, 3.8) is 0 Å². The Balaban J connectivity index is 1.99. The first-order chi connectivity index (χ1) is 8.12. The zero-order chi connectivity index (χ0) is 12.0. The molecule has 1 unspecified atom stereocenters. The average molecular weight is 230 g/mol. The van der Waals surface area contributed by atoms with Crippen molar-refractivity contribution in [3.05, 3.63) is 35.4 Å². The minimum absolute atomic E-state index is 0.0803. The Morgan fingerprint density at radius 2 is 2.12 bits per heavy atom. The van der Waals surface area contributed by atoms with E-state index >= 15 is 0 Å². The molecule has 17 heavy (non-hydrogen) atoms. The van der Waals surface area contributed by atoms with Crippen LogP contribution in [0.15, 0.2) is 24.3 Å². The lowest BCUT2D eigenvalue weighted by molar-refractivity contribution is 0.205. The van der Waals surface area contributed by atoms with Gasteiger partial charge in [0.15, 0.2) is 0 Å². The normalized spacial score (nSPS) is 26.8. The van der Waals surface area contributed by atoms with Gasteiger partial charge in [-0.25, -0.2) is 4.79 Å². The number of hydrogen-bond acceptors (Lipinski definition) is 1. The third kappa shape index (κ3) is 1.45. The van der Waals surface area contributed by atoms with Crippen molar-refractivity contribution in [3.8, 4) is 0 Å². The molecule has 0 aromatic heterocycles. The lowest BCUT2D eigenvalue weighted by atomic mass is 9.92. The Bertz CT molecular complexity index is 469. The molecule has 1 aromatic carbocycles. The highest BCUT2D eigenvalue weighted by molar-refractivity contribution is 5.79. The van der Waals surface area contributed by atoms with E-state index in [2.05, 4.69) is 43.4 Å². The van der Waals surface area contributed by atoms with Crippen LogP contribution in [0.3, 0.4) is 0 Å². The summed E-state index contributed by atoms with van der Waals surface area (Å²) in [5.41, 5.74) is 2.58. The highest BCUT2D eigenvalue weighted by Crippen LogP contribution is 2.40. The molecule has 1 N–H and O–H groups in total. The number of fused-ring (bicyclic) bond motifs is 2. The number of hydrogen-bond donors (Lipinski definition) is 1. The second-order valence-corrected chi connectivity index (χ2v) is 5.39. The number of aryl methyl sites for hydroxylation is 1. The molecule has 1 atom stereocenters. The average Bonchev–Trinajstić information content (AvgIpc) is 2.83. The van der Waals surface area contributed by atoms with E-state index in [0.717, 1.165) is 19.4 Å². The van der Waals surface area contributed by atoms with Crippen LogP contribution in [0.1, 0.15) is 31.4 Å². The van der Waals surface area contributed by atoms with Gasteiger partial charge < -0.3 is 10.2 Å². The van der Waals surface area contributed by atoms with Crippen molar-refractivity contribution >= 4 is 6.03 Å². The molecule has 3 nitrogen and oxygen atoms in total. The second kappa shape index (κ2) is 3.49. The van der Waals surface area contributed by atoms with Gasteiger partial charge in [-0.2, -0.15) is 0 Å². The van der Waals surface area contributed by atoms with Gasteiger partial charge in [-0.3, -0.25) is 0 Å². The summed E-state index contributed by atoms with van der Waals surface area (Å²) in [6, 6.07) is 8.82. The van der Waals surface area contributed by atoms with Crippen molar-refractivity contribution in [2.45, 2.75) is 38.3 Å². The van der Waals surface area contributed by atoms with E-state index in [1.807, 2.05) is 4.90 Å². The van der Waals surface area contributed by atoms with E-state index in [9.17, 15) is 4.79 Å². The van der Waals surface area contributed by atoms with Crippen LogP contribution in [0.5, 0.6) is 0 Å². The Morgan fingerprint density at radius 3 is 2.82 bits per heavy atom. The Kier molecular flexibility index (Phi) is 2.18. The van der Waals surface area contributed by atoms with Crippen LogP contribution in [0.2, 0.25) is 0 Å². The molecule has 2 amide bonds. The fraction of sp³-hybridized carbons (Fsp3) is 0.500. The van der Waals surface area contributed by atoms with Crippen molar-refractivity contribution < 1.29 is 4.79 Å². The zero-order valence-corrected chi connectivity index (χ0v) is 10.4. The van der Waals surface area contributed by atoms with Crippen molar-refractivity contribution in [2.75, 3.05) is 6.54 Å². The Labute approximate surface area is 102 Å². The van der Waals surface area contributed by atoms with Gasteiger partial charge in [-0.15, -0.1) is 0 Å². The molecule has 90 valence electrons. The molecule has 1 spiro atoms. The van der Waals surface area contributed by atoms with Gasteiger partial charge in [-0.1, -0.05) is 24.3 Å². The first-order valence-corrected chi connectivity index (χ1v) is 6.29. The number of rotatable bonds is 1. The Morgan fingerprint density at radius 1 is 1.35 bits per heavy atom. The minimum atomic E-state index is -0.127. The van der Waals surface area contributed by atoms with E-state index in [4.69, 9.17) is 0 Å². The SMILES string of the molecule is CC(C)N1CC2(CCc3ccccc32)NC1=O. The maximum absolute atomic E-state index is 12.0. The quantitative estimate of drug-likeness (QED) is 0.788. The molecule has 2 aliphatic rings. The van der Waals surface area contributed by atoms with Crippen LogP contribution < -0.4 is 5.32 Å².